The van der Waals surface area contributed by atoms with Gasteiger partial charge in [-0.1, -0.05) is 30.3 Å². The van der Waals surface area contributed by atoms with E-state index in [9.17, 15) is 0 Å². The Bertz CT molecular complexity index is 513. The maximum Gasteiger partial charge on any atom is 0.127 e. The number of hydrogen-bond donors (Lipinski definition) is 2. The molecule has 0 fully saturated rings. The second-order valence-corrected chi connectivity index (χ2v) is 4.98. The van der Waals surface area contributed by atoms with Gasteiger partial charge >= 0.3 is 0 Å². The molecule has 0 aliphatic carbocycles. The molecule has 106 valence electrons. The van der Waals surface area contributed by atoms with Crippen LogP contribution in [0.15, 0.2) is 48.7 Å². The average molecular weight is 270 g/mol. The van der Waals surface area contributed by atoms with E-state index in [1.165, 1.54) is 5.56 Å². The zero-order valence-corrected chi connectivity index (χ0v) is 11.9. The first-order valence-corrected chi connectivity index (χ1v) is 6.92. The molecular weight excluding hydrogens is 248 g/mol. The number of nitrogen functional groups attached to an aromatic ring is 1. The predicted molar refractivity (Wildman–Crippen MR) is 84.5 cm³/mol. The molecule has 1 aromatic carbocycles. The van der Waals surface area contributed by atoms with E-state index in [-0.39, 0.29) is 0 Å². The van der Waals surface area contributed by atoms with Crippen molar-refractivity contribution in [3.05, 3.63) is 54.2 Å². The lowest BCUT2D eigenvalue weighted by Crippen LogP contribution is -2.21. The summed E-state index contributed by atoms with van der Waals surface area (Å²) in [5.41, 5.74) is 7.80. The van der Waals surface area contributed by atoms with Gasteiger partial charge in [0.2, 0.25) is 0 Å². The Labute approximate surface area is 120 Å². The van der Waals surface area contributed by atoms with Crippen molar-refractivity contribution in [2.45, 2.75) is 13.0 Å². The van der Waals surface area contributed by atoms with Crippen molar-refractivity contribution in [1.82, 2.24) is 9.88 Å². The van der Waals surface area contributed by atoms with Gasteiger partial charge in [-0.05, 0) is 31.6 Å². The van der Waals surface area contributed by atoms with Gasteiger partial charge in [-0.15, -0.1) is 0 Å². The number of anilines is 2. The quantitative estimate of drug-likeness (QED) is 0.759. The third kappa shape index (κ3) is 4.90. The number of benzene rings is 1. The third-order valence-electron chi connectivity index (χ3n) is 3.10. The van der Waals surface area contributed by atoms with Gasteiger partial charge in [0.25, 0.3) is 0 Å². The Balaban J connectivity index is 1.66. The molecule has 1 heterocycles. The van der Waals surface area contributed by atoms with Crippen LogP contribution in [0.25, 0.3) is 0 Å². The lowest BCUT2D eigenvalue weighted by Gasteiger charge is -2.16. The SMILES string of the molecule is CN(CCCNc1cc(N)ccn1)Cc1ccccc1. The summed E-state index contributed by atoms with van der Waals surface area (Å²) in [5.74, 6) is 0.843. The second-order valence-electron chi connectivity index (χ2n) is 4.98. The number of nitrogens with two attached hydrogens (primary N) is 1. The summed E-state index contributed by atoms with van der Waals surface area (Å²) >= 11 is 0. The van der Waals surface area contributed by atoms with Crippen molar-refractivity contribution in [2.75, 3.05) is 31.2 Å². The van der Waals surface area contributed by atoms with Gasteiger partial charge < -0.3 is 16.0 Å². The number of aromatic nitrogens is 1. The van der Waals surface area contributed by atoms with Crippen LogP contribution in [0.3, 0.4) is 0 Å². The van der Waals surface area contributed by atoms with E-state index < -0.39 is 0 Å². The molecule has 0 spiro atoms. The summed E-state index contributed by atoms with van der Waals surface area (Å²) in [7, 11) is 2.14. The van der Waals surface area contributed by atoms with Crippen molar-refractivity contribution < 1.29 is 0 Å². The van der Waals surface area contributed by atoms with Crippen molar-refractivity contribution in [1.29, 1.82) is 0 Å². The van der Waals surface area contributed by atoms with Gasteiger partial charge in [-0.2, -0.15) is 0 Å². The number of pyridine rings is 1. The fraction of sp³-hybridized carbons (Fsp3) is 0.312. The van der Waals surface area contributed by atoms with Crippen LogP contribution in [0.5, 0.6) is 0 Å². The molecule has 0 atom stereocenters. The number of nitrogens with zero attached hydrogens (tertiary/aromatic N) is 2. The smallest absolute Gasteiger partial charge is 0.127 e. The Kier molecular flexibility index (Phi) is 5.38. The van der Waals surface area contributed by atoms with Crippen LogP contribution in [0.2, 0.25) is 0 Å². The zero-order valence-electron chi connectivity index (χ0n) is 11.9. The van der Waals surface area contributed by atoms with Crippen LogP contribution in [0.4, 0.5) is 11.5 Å². The van der Waals surface area contributed by atoms with Gasteiger partial charge in [0.1, 0.15) is 5.82 Å². The molecule has 0 radical (unpaired) electrons. The standard InChI is InChI=1S/C16H22N4/c1-20(13-14-6-3-2-4-7-14)11-5-9-18-16-12-15(17)8-10-19-16/h2-4,6-8,10,12H,5,9,11,13H2,1H3,(H3,17,18,19). The van der Waals surface area contributed by atoms with Crippen LogP contribution < -0.4 is 11.1 Å². The van der Waals surface area contributed by atoms with E-state index in [0.29, 0.717) is 0 Å². The summed E-state index contributed by atoms with van der Waals surface area (Å²) in [6, 6.07) is 14.2. The zero-order chi connectivity index (χ0) is 14.2. The first-order chi connectivity index (χ1) is 9.74. The van der Waals surface area contributed by atoms with Gasteiger partial charge in [-0.25, -0.2) is 4.98 Å². The topological polar surface area (TPSA) is 54.2 Å². The Morgan fingerprint density at radius 3 is 2.75 bits per heavy atom. The van der Waals surface area contributed by atoms with Crippen molar-refractivity contribution in [3.8, 4) is 0 Å². The maximum atomic E-state index is 5.71. The lowest BCUT2D eigenvalue weighted by atomic mass is 10.2. The first kappa shape index (κ1) is 14.3. The number of nitrogens with one attached hydrogen (secondary N) is 1. The molecule has 0 saturated carbocycles. The van der Waals surface area contributed by atoms with Crippen LogP contribution in [0, 0.1) is 0 Å². The van der Waals surface area contributed by atoms with Crippen LogP contribution in [-0.4, -0.2) is 30.0 Å². The molecule has 0 saturated heterocycles. The highest BCUT2D eigenvalue weighted by Gasteiger charge is 2.00. The predicted octanol–water partition coefficient (Wildman–Crippen LogP) is 2.60. The molecule has 0 aliphatic heterocycles. The van der Waals surface area contributed by atoms with E-state index in [4.69, 9.17) is 5.73 Å². The minimum Gasteiger partial charge on any atom is -0.399 e. The van der Waals surface area contributed by atoms with E-state index in [1.54, 1.807) is 12.3 Å². The molecule has 0 unspecified atom stereocenters. The third-order valence-corrected chi connectivity index (χ3v) is 3.10. The largest absolute Gasteiger partial charge is 0.399 e. The Morgan fingerprint density at radius 2 is 2.00 bits per heavy atom. The molecular formula is C16H22N4. The van der Waals surface area contributed by atoms with Gasteiger partial charge in [0, 0.05) is 31.0 Å². The van der Waals surface area contributed by atoms with Crippen LogP contribution >= 0.6 is 0 Å². The lowest BCUT2D eigenvalue weighted by molar-refractivity contribution is 0.325. The average Bonchev–Trinajstić information content (AvgIpc) is 2.45. The van der Waals surface area contributed by atoms with Gasteiger partial charge in [0.15, 0.2) is 0 Å². The fourth-order valence-corrected chi connectivity index (χ4v) is 2.08. The fourth-order valence-electron chi connectivity index (χ4n) is 2.08. The molecule has 3 N–H and O–H groups in total. The molecule has 20 heavy (non-hydrogen) atoms. The first-order valence-electron chi connectivity index (χ1n) is 6.92. The highest BCUT2D eigenvalue weighted by Crippen LogP contribution is 2.08. The van der Waals surface area contributed by atoms with Crippen molar-refractivity contribution in [3.63, 3.8) is 0 Å². The summed E-state index contributed by atoms with van der Waals surface area (Å²) < 4.78 is 0. The van der Waals surface area contributed by atoms with Gasteiger partial charge in [0.05, 0.1) is 0 Å². The maximum absolute atomic E-state index is 5.71. The Morgan fingerprint density at radius 1 is 1.20 bits per heavy atom. The second kappa shape index (κ2) is 7.50. The molecule has 1 aromatic heterocycles. The van der Waals surface area contributed by atoms with E-state index in [1.807, 2.05) is 12.1 Å². The monoisotopic (exact) mass is 270 g/mol. The summed E-state index contributed by atoms with van der Waals surface area (Å²) in [6.07, 6.45) is 2.79. The summed E-state index contributed by atoms with van der Waals surface area (Å²) in [6.45, 7) is 2.93. The highest BCUT2D eigenvalue weighted by molar-refractivity contribution is 5.48. The van der Waals surface area contributed by atoms with Gasteiger partial charge in [-0.3, -0.25) is 0 Å². The molecule has 4 heteroatoms. The molecule has 0 bridgehead atoms. The molecule has 0 amide bonds. The van der Waals surface area contributed by atoms with E-state index in [2.05, 4.69) is 46.5 Å². The molecule has 4 nitrogen and oxygen atoms in total. The normalized spacial score (nSPS) is 10.7. The van der Waals surface area contributed by atoms with Crippen molar-refractivity contribution in [2.24, 2.45) is 0 Å². The number of rotatable bonds is 7. The van der Waals surface area contributed by atoms with Crippen LogP contribution in [0.1, 0.15) is 12.0 Å². The van der Waals surface area contributed by atoms with Crippen LogP contribution in [-0.2, 0) is 6.54 Å². The Hall–Kier alpha value is -2.07. The van der Waals surface area contributed by atoms with Crippen molar-refractivity contribution >= 4 is 11.5 Å². The number of hydrogen-bond acceptors (Lipinski definition) is 4. The molecule has 2 aromatic rings. The minimum atomic E-state index is 0.740. The van der Waals surface area contributed by atoms with E-state index >= 15 is 0 Å². The summed E-state index contributed by atoms with van der Waals surface area (Å²) in [4.78, 5) is 6.54. The highest BCUT2D eigenvalue weighted by atomic mass is 15.1. The molecule has 2 rings (SSSR count). The summed E-state index contributed by atoms with van der Waals surface area (Å²) in [5, 5.41) is 3.29. The minimum absolute atomic E-state index is 0.740. The molecule has 0 aliphatic rings. The van der Waals surface area contributed by atoms with E-state index in [0.717, 1.165) is 37.6 Å².